The van der Waals surface area contributed by atoms with Crippen molar-refractivity contribution < 1.29 is 0 Å². The molecule has 0 aromatic heterocycles. The maximum absolute atomic E-state index is 2.22. The van der Waals surface area contributed by atoms with Crippen LogP contribution in [0.3, 0.4) is 0 Å². The van der Waals surface area contributed by atoms with E-state index in [9.17, 15) is 0 Å². The molecule has 0 fully saturated rings. The molecule has 2 rings (SSSR count). The molecule has 1 aliphatic rings. The summed E-state index contributed by atoms with van der Waals surface area (Å²) in [6.07, 6.45) is 4.41. The largest absolute Gasteiger partial charge is 0.121 e. The second-order valence-electron chi connectivity index (χ2n) is 3.30. The molecule has 0 atom stereocenters. The van der Waals surface area contributed by atoms with Gasteiger partial charge in [-0.1, -0.05) is 36.4 Å². The van der Waals surface area contributed by atoms with Crippen molar-refractivity contribution in [3.63, 3.8) is 0 Å². The molecule has 0 saturated heterocycles. The Hall–Kier alpha value is -0.950. The minimum atomic E-state index is 1.10. The minimum Gasteiger partial charge on any atom is -0.121 e. The zero-order valence-corrected chi connectivity index (χ0v) is 9.40. The lowest BCUT2D eigenvalue weighted by atomic mass is 9.99. The number of benzene rings is 1. The molecule has 1 aliphatic heterocycles. The van der Waals surface area contributed by atoms with Crippen molar-refractivity contribution in [2.45, 2.75) is 19.6 Å². The van der Waals surface area contributed by atoms with Gasteiger partial charge in [0.05, 0.1) is 0 Å². The van der Waals surface area contributed by atoms with Crippen molar-refractivity contribution >= 4 is 17.3 Å². The Bertz CT molecular complexity index is 399. The third-order valence-corrected chi connectivity index (χ3v) is 3.73. The van der Waals surface area contributed by atoms with E-state index in [0.29, 0.717) is 0 Å². The highest BCUT2D eigenvalue weighted by Gasteiger charge is 2.16. The quantitative estimate of drug-likeness (QED) is 0.606. The highest BCUT2D eigenvalue weighted by atomic mass is 32.2. The van der Waals surface area contributed by atoms with E-state index >= 15 is 0 Å². The lowest BCUT2D eigenvalue weighted by molar-refractivity contribution is 1.35. The van der Waals surface area contributed by atoms with E-state index in [1.165, 1.54) is 21.6 Å². The van der Waals surface area contributed by atoms with Crippen LogP contribution in [0.2, 0.25) is 0 Å². The molecule has 0 amide bonds. The van der Waals surface area contributed by atoms with Crippen molar-refractivity contribution in [2.24, 2.45) is 0 Å². The summed E-state index contributed by atoms with van der Waals surface area (Å²) < 4.78 is 0. The molecular weight excluding hydrogens is 188 g/mol. The number of rotatable bonds is 0. The predicted molar refractivity (Wildman–Crippen MR) is 65.1 cm³/mol. The van der Waals surface area contributed by atoms with Gasteiger partial charge in [-0.15, -0.1) is 11.8 Å². The second-order valence-corrected chi connectivity index (χ2v) is 4.32. The summed E-state index contributed by atoms with van der Waals surface area (Å²) in [6, 6.07) is 8.67. The highest BCUT2D eigenvalue weighted by molar-refractivity contribution is 8.03. The highest BCUT2D eigenvalue weighted by Crippen LogP contribution is 2.40. The number of allylic oxidation sites excluding steroid dienone is 3. The van der Waals surface area contributed by atoms with Crippen LogP contribution in [0.25, 0.3) is 5.57 Å². The summed E-state index contributed by atoms with van der Waals surface area (Å²) in [4.78, 5) is 1.41. The summed E-state index contributed by atoms with van der Waals surface area (Å²) in [5, 5.41) is 0. The van der Waals surface area contributed by atoms with Crippen LogP contribution in [0.4, 0.5) is 0 Å². The second kappa shape index (κ2) is 4.05. The average molecular weight is 202 g/mol. The van der Waals surface area contributed by atoms with Crippen LogP contribution in [-0.4, -0.2) is 0 Å². The van der Waals surface area contributed by atoms with Crippen molar-refractivity contribution in [2.75, 3.05) is 0 Å². The van der Waals surface area contributed by atoms with Gasteiger partial charge in [0.1, 0.15) is 0 Å². The number of hydrogen-bond donors (Lipinski definition) is 0. The van der Waals surface area contributed by atoms with Crippen LogP contribution in [-0.2, 0) is 5.75 Å². The first-order valence-electron chi connectivity index (χ1n) is 4.91. The molecule has 0 N–H and O–H groups in total. The molecule has 0 aliphatic carbocycles. The van der Waals surface area contributed by atoms with E-state index in [0.717, 1.165) is 5.75 Å². The van der Waals surface area contributed by atoms with E-state index in [2.05, 4.69) is 50.3 Å². The Morgan fingerprint density at radius 3 is 2.64 bits per heavy atom. The first kappa shape index (κ1) is 9.60. The molecule has 1 aromatic rings. The van der Waals surface area contributed by atoms with Crippen LogP contribution in [0.1, 0.15) is 25.0 Å². The van der Waals surface area contributed by atoms with E-state index in [1.54, 1.807) is 0 Å². The summed E-state index contributed by atoms with van der Waals surface area (Å²) in [7, 11) is 0. The number of thioether (sulfide) groups is 1. The Balaban J connectivity index is 2.56. The summed E-state index contributed by atoms with van der Waals surface area (Å²) in [5.41, 5.74) is 4.25. The van der Waals surface area contributed by atoms with Crippen molar-refractivity contribution in [3.05, 3.63) is 52.4 Å². The fraction of sp³-hybridized carbons (Fsp3) is 0.231. The first-order valence-corrected chi connectivity index (χ1v) is 5.89. The Morgan fingerprint density at radius 2 is 1.93 bits per heavy atom. The number of fused-ring (bicyclic) bond motifs is 1. The molecule has 1 heteroatoms. The average Bonchev–Trinajstić information content (AvgIpc) is 2.27. The lowest BCUT2D eigenvalue weighted by Crippen LogP contribution is -1.99. The summed E-state index contributed by atoms with van der Waals surface area (Å²) >= 11 is 1.93. The van der Waals surface area contributed by atoms with Crippen LogP contribution in [0.5, 0.6) is 0 Å². The van der Waals surface area contributed by atoms with Gasteiger partial charge in [0.2, 0.25) is 0 Å². The maximum atomic E-state index is 2.22. The number of hydrogen-bond acceptors (Lipinski definition) is 1. The van der Waals surface area contributed by atoms with Gasteiger partial charge in [0.25, 0.3) is 0 Å². The van der Waals surface area contributed by atoms with Gasteiger partial charge in [0, 0.05) is 10.7 Å². The van der Waals surface area contributed by atoms with Gasteiger partial charge in [-0.2, -0.15) is 0 Å². The van der Waals surface area contributed by atoms with Crippen LogP contribution >= 0.6 is 11.8 Å². The fourth-order valence-electron chi connectivity index (χ4n) is 1.81. The van der Waals surface area contributed by atoms with Gasteiger partial charge < -0.3 is 0 Å². The normalized spacial score (nSPS) is 21.3. The summed E-state index contributed by atoms with van der Waals surface area (Å²) in [6.45, 7) is 4.22. The van der Waals surface area contributed by atoms with Gasteiger partial charge in [0.15, 0.2) is 0 Å². The lowest BCUT2D eigenvalue weighted by Gasteiger charge is -2.21. The van der Waals surface area contributed by atoms with Crippen LogP contribution in [0, 0.1) is 0 Å². The molecule has 72 valence electrons. The molecule has 0 spiro atoms. The molecule has 0 saturated carbocycles. The zero-order valence-electron chi connectivity index (χ0n) is 8.58. The fourth-order valence-corrected chi connectivity index (χ4v) is 2.92. The van der Waals surface area contributed by atoms with Gasteiger partial charge in [-0.3, -0.25) is 0 Å². The molecule has 0 unspecified atom stereocenters. The van der Waals surface area contributed by atoms with Crippen LogP contribution in [0.15, 0.2) is 41.3 Å². The van der Waals surface area contributed by atoms with Crippen molar-refractivity contribution in [3.8, 4) is 0 Å². The van der Waals surface area contributed by atoms with E-state index in [4.69, 9.17) is 0 Å². The Labute approximate surface area is 89.7 Å². The minimum absolute atomic E-state index is 1.10. The SMILES string of the molecule is C/C=C1\C(=C/C)SCc2ccccc21. The van der Waals surface area contributed by atoms with Gasteiger partial charge >= 0.3 is 0 Å². The Kier molecular flexibility index (Phi) is 2.78. The van der Waals surface area contributed by atoms with E-state index in [1.807, 2.05) is 11.8 Å². The van der Waals surface area contributed by atoms with E-state index in [-0.39, 0.29) is 0 Å². The third kappa shape index (κ3) is 1.53. The van der Waals surface area contributed by atoms with Crippen LogP contribution < -0.4 is 0 Å². The third-order valence-electron chi connectivity index (χ3n) is 2.51. The van der Waals surface area contributed by atoms with E-state index < -0.39 is 0 Å². The topological polar surface area (TPSA) is 0 Å². The first-order chi connectivity index (χ1) is 6.86. The molecule has 0 nitrogen and oxygen atoms in total. The molecule has 14 heavy (non-hydrogen) atoms. The monoisotopic (exact) mass is 202 g/mol. The summed E-state index contributed by atoms with van der Waals surface area (Å²) in [5.74, 6) is 1.10. The molecular formula is C13H14S. The molecule has 1 aromatic carbocycles. The van der Waals surface area contributed by atoms with Crippen molar-refractivity contribution in [1.82, 2.24) is 0 Å². The molecule has 0 radical (unpaired) electrons. The van der Waals surface area contributed by atoms with Gasteiger partial charge in [-0.25, -0.2) is 0 Å². The van der Waals surface area contributed by atoms with Gasteiger partial charge in [-0.05, 0) is 30.5 Å². The Morgan fingerprint density at radius 1 is 1.14 bits per heavy atom. The molecule has 0 bridgehead atoms. The maximum Gasteiger partial charge on any atom is 0.0238 e. The van der Waals surface area contributed by atoms with Crippen molar-refractivity contribution in [1.29, 1.82) is 0 Å². The predicted octanol–water partition coefficient (Wildman–Crippen LogP) is 4.24. The standard InChI is InChI=1S/C13H14S/c1-3-11-12-8-6-5-7-10(12)9-14-13(11)4-2/h3-8H,9H2,1-2H3/b11-3-,13-4+. The smallest absolute Gasteiger partial charge is 0.0238 e. The zero-order chi connectivity index (χ0) is 9.97. The molecule has 1 heterocycles.